The molecule has 4 heterocycles. The van der Waals surface area contributed by atoms with Crippen LogP contribution < -0.4 is 10.2 Å². The fraction of sp³-hybridized carbons (Fsp3) is 0.483. The lowest BCUT2D eigenvalue weighted by molar-refractivity contribution is -0.137. The lowest BCUT2D eigenvalue weighted by Crippen LogP contribution is -2.52. The van der Waals surface area contributed by atoms with Crippen molar-refractivity contribution in [2.45, 2.75) is 37.4 Å². The molecule has 2 aliphatic rings. The molecule has 2 aromatic heterocycles. The third-order valence-corrected chi connectivity index (χ3v) is 10.9. The van der Waals surface area contributed by atoms with Crippen LogP contribution in [0.3, 0.4) is 0 Å². The van der Waals surface area contributed by atoms with Crippen LogP contribution >= 0.6 is 11.3 Å². The van der Waals surface area contributed by atoms with Crippen LogP contribution in [0, 0.1) is 0 Å². The highest BCUT2D eigenvalue weighted by Gasteiger charge is 2.38. The summed E-state index contributed by atoms with van der Waals surface area (Å²) in [7, 11) is -0.722. The molecular formula is C29H35F3N6O4S2. The first-order chi connectivity index (χ1) is 20.8. The maximum atomic E-state index is 14.1. The molecule has 0 spiro atoms. The number of hydrogen-bond acceptors (Lipinski definition) is 10. The number of benzene rings is 1. The van der Waals surface area contributed by atoms with Gasteiger partial charge in [-0.1, -0.05) is 6.92 Å². The number of aryl methyl sites for hydroxylation is 1. The number of halogens is 3. The van der Waals surface area contributed by atoms with Crippen LogP contribution in [0.4, 0.5) is 30.5 Å². The predicted octanol–water partition coefficient (Wildman–Crippen LogP) is 4.55. The first-order valence-electron chi connectivity index (χ1n) is 14.3. The van der Waals surface area contributed by atoms with Crippen molar-refractivity contribution in [2.24, 2.45) is 0 Å². The summed E-state index contributed by atoms with van der Waals surface area (Å²) in [5, 5.41) is 3.07. The highest BCUT2D eigenvalue weighted by molar-refractivity contribution is 7.91. The van der Waals surface area contributed by atoms with Crippen molar-refractivity contribution in [3.8, 4) is 10.6 Å². The minimum Gasteiger partial charge on any atom is -0.383 e. The average Bonchev–Trinajstić information content (AvgIpc) is 3.42. The van der Waals surface area contributed by atoms with Gasteiger partial charge in [0.05, 0.1) is 27.8 Å². The van der Waals surface area contributed by atoms with Crippen LogP contribution in [-0.4, -0.2) is 99.4 Å². The number of methoxy groups -OCH3 is 1. The number of amides is 1. The Morgan fingerprint density at radius 1 is 1.18 bits per heavy atom. The highest BCUT2D eigenvalue weighted by atomic mass is 32.2. The lowest BCUT2D eigenvalue weighted by Gasteiger charge is -2.41. The Hall–Kier alpha value is -3.27. The minimum atomic E-state index is -4.81. The zero-order valence-corrected chi connectivity index (χ0v) is 26.6. The van der Waals surface area contributed by atoms with Crippen LogP contribution in [0.1, 0.15) is 34.6 Å². The molecule has 1 amide bonds. The number of nitrogens with zero attached hydrogens (tertiary/aromatic N) is 5. The first kappa shape index (κ1) is 32.1. The fourth-order valence-electron chi connectivity index (χ4n) is 5.48. The molecule has 1 unspecified atom stereocenters. The number of sulfone groups is 1. The van der Waals surface area contributed by atoms with Gasteiger partial charge in [0.15, 0.2) is 9.84 Å². The van der Waals surface area contributed by atoms with Gasteiger partial charge < -0.3 is 19.9 Å². The number of nitrogens with one attached hydrogen (secondary N) is 1. The van der Waals surface area contributed by atoms with Gasteiger partial charge in [-0.15, -0.1) is 11.3 Å². The van der Waals surface area contributed by atoms with Crippen LogP contribution in [0.2, 0.25) is 0 Å². The number of carbonyl (C=O) groups excluding carboxylic acids is 1. The van der Waals surface area contributed by atoms with Gasteiger partial charge in [-0.05, 0) is 43.2 Å². The molecule has 0 saturated carbocycles. The van der Waals surface area contributed by atoms with Gasteiger partial charge in [-0.3, -0.25) is 9.69 Å². The van der Waals surface area contributed by atoms with Gasteiger partial charge in [0.25, 0.3) is 5.91 Å². The number of piperazine rings is 1. The number of thiophene rings is 1. The van der Waals surface area contributed by atoms with Crippen molar-refractivity contribution < 1.29 is 31.1 Å². The third kappa shape index (κ3) is 6.55. The van der Waals surface area contributed by atoms with Gasteiger partial charge in [0.1, 0.15) is 10.4 Å². The number of aromatic nitrogens is 2. The molecule has 1 fully saturated rings. The van der Waals surface area contributed by atoms with E-state index in [0.29, 0.717) is 36.2 Å². The molecule has 2 aliphatic heterocycles. The highest BCUT2D eigenvalue weighted by Crippen LogP contribution is 2.42. The van der Waals surface area contributed by atoms with E-state index in [0.717, 1.165) is 43.5 Å². The number of alkyl halides is 3. The van der Waals surface area contributed by atoms with E-state index >= 15 is 0 Å². The Balaban J connectivity index is 1.46. The van der Waals surface area contributed by atoms with E-state index in [4.69, 9.17) is 4.74 Å². The zero-order chi connectivity index (χ0) is 31.8. The molecule has 238 valence electrons. The Bertz CT molecular complexity index is 1650. The third-order valence-electron chi connectivity index (χ3n) is 7.97. The van der Waals surface area contributed by atoms with Crippen molar-refractivity contribution in [3.05, 3.63) is 46.5 Å². The summed E-state index contributed by atoms with van der Waals surface area (Å²) < 4.78 is 73.2. The number of ether oxygens (including phenoxy) is 1. The number of carbonyl (C=O) groups is 1. The number of fused-ring (bicyclic) bond motifs is 1. The smallest absolute Gasteiger partial charge is 0.383 e. The van der Waals surface area contributed by atoms with Crippen LogP contribution in [0.15, 0.2) is 35.4 Å². The quantitative estimate of drug-likeness (QED) is 0.375. The van der Waals surface area contributed by atoms with E-state index in [1.807, 2.05) is 19.1 Å². The summed E-state index contributed by atoms with van der Waals surface area (Å²) in [5.41, 5.74) is 1.02. The Morgan fingerprint density at radius 2 is 1.95 bits per heavy atom. The predicted molar refractivity (Wildman–Crippen MR) is 164 cm³/mol. The number of rotatable bonds is 8. The second kappa shape index (κ2) is 12.6. The molecule has 0 radical (unpaired) electrons. The molecule has 1 saturated heterocycles. The molecule has 0 bridgehead atoms. The molecule has 1 aromatic carbocycles. The van der Waals surface area contributed by atoms with Crippen molar-refractivity contribution in [2.75, 3.05) is 69.5 Å². The van der Waals surface area contributed by atoms with Gasteiger partial charge in [-0.25, -0.2) is 18.4 Å². The monoisotopic (exact) mass is 652 g/mol. The van der Waals surface area contributed by atoms with Gasteiger partial charge >= 0.3 is 6.18 Å². The standard InChI is InChI=1S/C29H35F3N6O4S2/c1-5-19-14-20(38-9-8-37(10-12-42-4)17-18(38)2)6-7-22(19)34-28-33-16-21(29(30,31)32)25(35-28)23-15-24-26(43-23)27(39)36(3)11-13-44(24,40)41/h6-7,14-16,18H,5,8-13,17H2,1-4H3,(H,33,34,35). The van der Waals surface area contributed by atoms with Gasteiger partial charge in [0.2, 0.25) is 5.95 Å². The molecule has 5 rings (SSSR count). The minimum absolute atomic E-state index is 0.00463. The summed E-state index contributed by atoms with van der Waals surface area (Å²) in [6.07, 6.45) is -3.48. The van der Waals surface area contributed by atoms with E-state index < -0.39 is 33.2 Å². The van der Waals surface area contributed by atoms with Crippen molar-refractivity contribution in [1.29, 1.82) is 0 Å². The van der Waals surface area contributed by atoms with Gasteiger partial charge in [0, 0.05) is 70.5 Å². The molecule has 0 aliphatic carbocycles. The Kier molecular flexibility index (Phi) is 9.21. The van der Waals surface area contributed by atoms with E-state index in [2.05, 4.69) is 38.1 Å². The van der Waals surface area contributed by atoms with Crippen molar-refractivity contribution in [1.82, 2.24) is 19.8 Å². The molecule has 1 atom stereocenters. The zero-order valence-electron chi connectivity index (χ0n) is 24.9. The topological polar surface area (TPSA) is 108 Å². The Morgan fingerprint density at radius 3 is 2.64 bits per heavy atom. The second-order valence-electron chi connectivity index (χ2n) is 11.0. The van der Waals surface area contributed by atoms with Crippen molar-refractivity contribution >= 4 is 44.4 Å². The molecule has 10 nitrogen and oxygen atoms in total. The summed E-state index contributed by atoms with van der Waals surface area (Å²) in [6, 6.07) is 7.31. The maximum Gasteiger partial charge on any atom is 0.420 e. The van der Waals surface area contributed by atoms with Crippen molar-refractivity contribution in [3.63, 3.8) is 0 Å². The summed E-state index contributed by atoms with van der Waals surface area (Å²) in [6.45, 7) is 8.39. The van der Waals surface area contributed by atoms with E-state index in [1.165, 1.54) is 11.9 Å². The summed E-state index contributed by atoms with van der Waals surface area (Å²) >= 11 is 0.687. The molecule has 1 N–H and O–H groups in total. The summed E-state index contributed by atoms with van der Waals surface area (Å²) in [5.74, 6) is -0.957. The average molecular weight is 653 g/mol. The van der Waals surface area contributed by atoms with Crippen LogP contribution in [-0.2, 0) is 27.2 Å². The largest absolute Gasteiger partial charge is 0.420 e. The first-order valence-corrected chi connectivity index (χ1v) is 16.7. The Labute approximate surface area is 258 Å². The SMILES string of the molecule is CCc1cc(N2CCN(CCOC)CC2C)ccc1Nc1ncc(C(F)(F)F)c(-c2cc3c(s2)C(=O)N(C)CCS3(=O)=O)n1. The normalized spacial score (nSPS) is 19.2. The number of hydrogen-bond donors (Lipinski definition) is 1. The van der Waals surface area contributed by atoms with Crippen LogP contribution in [0.5, 0.6) is 0 Å². The lowest BCUT2D eigenvalue weighted by atomic mass is 10.1. The molecule has 44 heavy (non-hydrogen) atoms. The fourth-order valence-corrected chi connectivity index (χ4v) is 8.52. The molecular weight excluding hydrogens is 617 g/mol. The molecule has 3 aromatic rings. The molecule has 15 heteroatoms. The van der Waals surface area contributed by atoms with E-state index in [9.17, 15) is 26.4 Å². The second-order valence-corrected chi connectivity index (χ2v) is 14.1. The number of anilines is 3. The van der Waals surface area contributed by atoms with Gasteiger partial charge in [-0.2, -0.15) is 13.2 Å². The van der Waals surface area contributed by atoms with Crippen LogP contribution in [0.25, 0.3) is 10.6 Å². The maximum absolute atomic E-state index is 14.1. The van der Waals surface area contributed by atoms with E-state index in [-0.39, 0.29) is 38.9 Å². The summed E-state index contributed by atoms with van der Waals surface area (Å²) in [4.78, 5) is 26.5. The van der Waals surface area contributed by atoms with E-state index in [1.54, 1.807) is 7.11 Å².